The summed E-state index contributed by atoms with van der Waals surface area (Å²) in [4.78, 5) is 25.8. The summed E-state index contributed by atoms with van der Waals surface area (Å²) < 4.78 is 4.83. The number of amides is 2. The first-order chi connectivity index (χ1) is 12.6. The Bertz CT molecular complexity index is 719. The molecule has 6 nitrogen and oxygen atoms in total. The van der Waals surface area contributed by atoms with E-state index in [9.17, 15) is 9.59 Å². The lowest BCUT2D eigenvalue weighted by Gasteiger charge is -2.19. The number of carbonyl (C=O) groups excluding carboxylic acids is 2. The molecule has 0 spiro atoms. The van der Waals surface area contributed by atoms with Crippen LogP contribution in [0, 0.1) is 0 Å². The fraction of sp³-hybridized carbons (Fsp3) is 0.300. The molecule has 0 fully saturated rings. The number of nitrogens with zero attached hydrogens (tertiary/aromatic N) is 1. The predicted molar refractivity (Wildman–Crippen MR) is 104 cm³/mol. The quantitative estimate of drug-likeness (QED) is 0.711. The fourth-order valence-corrected chi connectivity index (χ4v) is 2.46. The first kappa shape index (κ1) is 19.3. The molecule has 6 heteroatoms. The number of rotatable bonds is 8. The zero-order chi connectivity index (χ0) is 18.8. The summed E-state index contributed by atoms with van der Waals surface area (Å²) in [7, 11) is 2.03. The van der Waals surface area contributed by atoms with Gasteiger partial charge in [-0.2, -0.15) is 0 Å². The number of ether oxygens (including phenoxy) is 1. The maximum Gasteiger partial charge on any atom is 0.411 e. The van der Waals surface area contributed by atoms with Gasteiger partial charge < -0.3 is 15.0 Å². The molecule has 0 saturated carbocycles. The van der Waals surface area contributed by atoms with E-state index < -0.39 is 6.09 Å². The minimum absolute atomic E-state index is 0.167. The highest BCUT2D eigenvalue weighted by atomic mass is 16.5. The summed E-state index contributed by atoms with van der Waals surface area (Å²) in [5.41, 5.74) is 2.17. The van der Waals surface area contributed by atoms with Crippen LogP contribution in [-0.4, -0.2) is 38.7 Å². The van der Waals surface area contributed by atoms with E-state index in [0.717, 1.165) is 18.7 Å². The fourth-order valence-electron chi connectivity index (χ4n) is 2.46. The van der Waals surface area contributed by atoms with Crippen molar-refractivity contribution >= 4 is 23.4 Å². The number of hydrogen-bond acceptors (Lipinski definition) is 4. The molecule has 138 valence electrons. The van der Waals surface area contributed by atoms with E-state index in [-0.39, 0.29) is 5.91 Å². The molecular weight excluding hydrogens is 330 g/mol. The van der Waals surface area contributed by atoms with Gasteiger partial charge in [-0.3, -0.25) is 10.1 Å². The maximum absolute atomic E-state index is 12.3. The standard InChI is InChI=1S/C20H25N3O3/c1-3-26-20(25)22-17-10-7-9-16(15-17)19(24)21-13-8-14-23(2)18-11-5-4-6-12-18/h4-7,9-12,15H,3,8,13-14H2,1-2H3,(H,21,24)(H,22,25). The van der Waals surface area contributed by atoms with E-state index in [1.807, 2.05) is 25.2 Å². The van der Waals surface area contributed by atoms with Crippen LogP contribution in [0.1, 0.15) is 23.7 Å². The van der Waals surface area contributed by atoms with Gasteiger partial charge in [0.2, 0.25) is 0 Å². The Morgan fingerprint density at radius 2 is 1.85 bits per heavy atom. The second-order valence-electron chi connectivity index (χ2n) is 5.79. The third kappa shape index (κ3) is 6.12. The van der Waals surface area contributed by atoms with Crippen molar-refractivity contribution < 1.29 is 14.3 Å². The Morgan fingerprint density at radius 1 is 1.08 bits per heavy atom. The van der Waals surface area contributed by atoms with E-state index >= 15 is 0 Å². The second-order valence-corrected chi connectivity index (χ2v) is 5.79. The minimum Gasteiger partial charge on any atom is -0.450 e. The molecule has 0 saturated heterocycles. The van der Waals surface area contributed by atoms with Gasteiger partial charge in [-0.25, -0.2) is 4.79 Å². The lowest BCUT2D eigenvalue weighted by atomic mass is 10.2. The average molecular weight is 355 g/mol. The Balaban J connectivity index is 1.78. The molecule has 0 unspecified atom stereocenters. The van der Waals surface area contributed by atoms with Crippen LogP contribution in [0.3, 0.4) is 0 Å². The molecule has 0 bridgehead atoms. The Kier molecular flexibility index (Phi) is 7.49. The topological polar surface area (TPSA) is 70.7 Å². The van der Waals surface area contributed by atoms with Crippen molar-refractivity contribution in [2.24, 2.45) is 0 Å². The molecule has 0 aliphatic carbocycles. The number of anilines is 2. The first-order valence-corrected chi connectivity index (χ1v) is 8.68. The van der Waals surface area contributed by atoms with Gasteiger partial charge in [0.15, 0.2) is 0 Å². The molecule has 2 amide bonds. The largest absolute Gasteiger partial charge is 0.450 e. The molecule has 0 aromatic heterocycles. The van der Waals surface area contributed by atoms with Gasteiger partial charge in [-0.05, 0) is 43.7 Å². The van der Waals surface area contributed by atoms with Crippen LogP contribution < -0.4 is 15.5 Å². The molecule has 2 aromatic carbocycles. The summed E-state index contributed by atoms with van der Waals surface area (Å²) in [6, 6.07) is 16.9. The molecule has 26 heavy (non-hydrogen) atoms. The summed E-state index contributed by atoms with van der Waals surface area (Å²) in [6.07, 6.45) is 0.298. The molecule has 0 radical (unpaired) electrons. The van der Waals surface area contributed by atoms with Gasteiger partial charge in [-0.15, -0.1) is 0 Å². The van der Waals surface area contributed by atoms with Crippen LogP contribution >= 0.6 is 0 Å². The number of para-hydroxylation sites is 1. The summed E-state index contributed by atoms with van der Waals surface area (Å²) in [6.45, 7) is 3.45. The van der Waals surface area contributed by atoms with Gasteiger partial charge in [0.05, 0.1) is 6.61 Å². The van der Waals surface area contributed by atoms with E-state index in [4.69, 9.17) is 4.74 Å². The molecule has 0 aliphatic heterocycles. The average Bonchev–Trinajstić information content (AvgIpc) is 2.66. The number of carbonyl (C=O) groups is 2. The zero-order valence-electron chi connectivity index (χ0n) is 15.2. The van der Waals surface area contributed by atoms with Crippen molar-refractivity contribution in [2.45, 2.75) is 13.3 Å². The van der Waals surface area contributed by atoms with Crippen molar-refractivity contribution in [1.29, 1.82) is 0 Å². The summed E-state index contributed by atoms with van der Waals surface area (Å²) in [5.74, 6) is -0.167. The van der Waals surface area contributed by atoms with Gasteiger partial charge in [0.1, 0.15) is 0 Å². The first-order valence-electron chi connectivity index (χ1n) is 8.68. The molecule has 2 N–H and O–H groups in total. The molecule has 0 atom stereocenters. The van der Waals surface area contributed by atoms with E-state index in [0.29, 0.717) is 24.4 Å². The van der Waals surface area contributed by atoms with Crippen molar-refractivity contribution in [3.05, 3.63) is 60.2 Å². The normalized spacial score (nSPS) is 10.1. The molecule has 0 heterocycles. The Hall–Kier alpha value is -3.02. The predicted octanol–water partition coefficient (Wildman–Crippen LogP) is 3.51. The van der Waals surface area contributed by atoms with Gasteiger partial charge in [0, 0.05) is 37.1 Å². The zero-order valence-corrected chi connectivity index (χ0v) is 15.2. The van der Waals surface area contributed by atoms with Crippen LogP contribution in [0.2, 0.25) is 0 Å². The summed E-state index contributed by atoms with van der Waals surface area (Å²) >= 11 is 0. The maximum atomic E-state index is 12.3. The van der Waals surface area contributed by atoms with Gasteiger partial charge >= 0.3 is 6.09 Å². The molecule has 0 aliphatic rings. The SMILES string of the molecule is CCOC(=O)Nc1cccc(C(=O)NCCCN(C)c2ccccc2)c1. The Morgan fingerprint density at radius 3 is 2.58 bits per heavy atom. The van der Waals surface area contributed by atoms with Crippen LogP contribution in [0.25, 0.3) is 0 Å². The third-order valence-corrected chi connectivity index (χ3v) is 3.80. The lowest BCUT2D eigenvalue weighted by molar-refractivity contribution is 0.0953. The summed E-state index contributed by atoms with van der Waals surface area (Å²) in [5, 5.41) is 5.49. The highest BCUT2D eigenvalue weighted by molar-refractivity contribution is 5.96. The van der Waals surface area contributed by atoms with Crippen molar-refractivity contribution in [3.8, 4) is 0 Å². The number of nitrogens with one attached hydrogen (secondary N) is 2. The van der Waals surface area contributed by atoms with E-state index in [1.165, 1.54) is 0 Å². The van der Waals surface area contributed by atoms with Crippen LogP contribution in [-0.2, 0) is 4.74 Å². The van der Waals surface area contributed by atoms with Crippen molar-refractivity contribution in [3.63, 3.8) is 0 Å². The van der Waals surface area contributed by atoms with Crippen LogP contribution in [0.15, 0.2) is 54.6 Å². The number of benzene rings is 2. The highest BCUT2D eigenvalue weighted by Gasteiger charge is 2.08. The highest BCUT2D eigenvalue weighted by Crippen LogP contribution is 2.12. The van der Waals surface area contributed by atoms with Gasteiger partial charge in [-0.1, -0.05) is 24.3 Å². The molecular formula is C20H25N3O3. The number of hydrogen-bond donors (Lipinski definition) is 2. The van der Waals surface area contributed by atoms with E-state index in [1.54, 1.807) is 31.2 Å². The minimum atomic E-state index is -0.533. The Labute approximate surface area is 154 Å². The van der Waals surface area contributed by atoms with Gasteiger partial charge in [0.25, 0.3) is 5.91 Å². The smallest absolute Gasteiger partial charge is 0.411 e. The second kappa shape index (κ2) is 10.1. The lowest BCUT2D eigenvalue weighted by Crippen LogP contribution is -2.28. The van der Waals surface area contributed by atoms with E-state index in [2.05, 4.69) is 27.7 Å². The van der Waals surface area contributed by atoms with Crippen LogP contribution in [0.5, 0.6) is 0 Å². The monoisotopic (exact) mass is 355 g/mol. The molecule has 2 aromatic rings. The third-order valence-electron chi connectivity index (χ3n) is 3.80. The van der Waals surface area contributed by atoms with Crippen LogP contribution in [0.4, 0.5) is 16.2 Å². The molecule has 2 rings (SSSR count). The van der Waals surface area contributed by atoms with Crippen molar-refractivity contribution in [1.82, 2.24) is 5.32 Å². The van der Waals surface area contributed by atoms with Crippen molar-refractivity contribution in [2.75, 3.05) is 37.0 Å².